The molecule has 1 aromatic carbocycles. The van der Waals surface area contributed by atoms with Crippen molar-refractivity contribution < 1.29 is 19.1 Å². The fraction of sp³-hybridized carbons (Fsp3) is 0.250. The van der Waals surface area contributed by atoms with Gasteiger partial charge in [0.25, 0.3) is 0 Å². The van der Waals surface area contributed by atoms with E-state index in [1.165, 1.54) is 12.2 Å². The Hall–Kier alpha value is -2.36. The van der Waals surface area contributed by atoms with Gasteiger partial charge in [-0.15, -0.1) is 0 Å². The average Bonchev–Trinajstić information content (AvgIpc) is 2.45. The number of carbonyl (C=O) groups excluding carboxylic acids is 2. The molecule has 20 heavy (non-hydrogen) atoms. The van der Waals surface area contributed by atoms with E-state index in [0.29, 0.717) is 13.2 Å². The van der Waals surface area contributed by atoms with Gasteiger partial charge in [-0.1, -0.05) is 24.3 Å². The first-order valence-electron chi connectivity index (χ1n) is 6.45. The Kier molecular flexibility index (Phi) is 6.82. The summed E-state index contributed by atoms with van der Waals surface area (Å²) in [7, 11) is 0. The van der Waals surface area contributed by atoms with Crippen molar-refractivity contribution in [2.45, 2.75) is 13.8 Å². The number of rotatable bonds is 6. The van der Waals surface area contributed by atoms with Crippen LogP contribution in [0, 0.1) is 0 Å². The molecule has 4 heteroatoms. The van der Waals surface area contributed by atoms with E-state index in [-0.39, 0.29) is 11.9 Å². The molecule has 0 bridgehead atoms. The van der Waals surface area contributed by atoms with E-state index in [0.717, 1.165) is 11.1 Å². The summed E-state index contributed by atoms with van der Waals surface area (Å²) < 4.78 is 9.57. The first-order chi connectivity index (χ1) is 9.65. The minimum absolute atomic E-state index is 0.362. The van der Waals surface area contributed by atoms with E-state index >= 15 is 0 Å². The van der Waals surface area contributed by atoms with Crippen LogP contribution in [0.25, 0.3) is 12.2 Å². The molecule has 0 saturated carbocycles. The first kappa shape index (κ1) is 15.7. The summed E-state index contributed by atoms with van der Waals surface area (Å²) in [6, 6.07) is 7.39. The van der Waals surface area contributed by atoms with Gasteiger partial charge in [-0.05, 0) is 37.1 Å². The zero-order chi connectivity index (χ0) is 14.8. The fourth-order valence-electron chi connectivity index (χ4n) is 1.43. The highest BCUT2D eigenvalue weighted by Gasteiger charge is 1.96. The van der Waals surface area contributed by atoms with Crippen molar-refractivity contribution in [2.75, 3.05) is 13.2 Å². The number of esters is 2. The largest absolute Gasteiger partial charge is 0.463 e. The summed E-state index contributed by atoms with van der Waals surface area (Å²) >= 11 is 0. The van der Waals surface area contributed by atoms with E-state index < -0.39 is 0 Å². The molecule has 0 spiro atoms. The van der Waals surface area contributed by atoms with Gasteiger partial charge in [0.2, 0.25) is 0 Å². The number of hydrogen-bond acceptors (Lipinski definition) is 4. The van der Waals surface area contributed by atoms with Crippen LogP contribution >= 0.6 is 0 Å². The standard InChI is InChI=1S/C16H18O4/c1-3-19-15(17)11-9-13-5-7-14(8-6-13)10-12-16(18)20-4-2/h5-12H,3-4H2,1-2H3/b11-9-,12-10+. The lowest BCUT2D eigenvalue weighted by atomic mass is 10.1. The molecule has 0 aliphatic heterocycles. The molecule has 0 atom stereocenters. The van der Waals surface area contributed by atoms with Crippen LogP contribution in [0.1, 0.15) is 25.0 Å². The highest BCUT2D eigenvalue weighted by molar-refractivity contribution is 5.88. The molecule has 0 fully saturated rings. The first-order valence-corrected chi connectivity index (χ1v) is 6.45. The Bertz CT molecular complexity index is 451. The topological polar surface area (TPSA) is 52.6 Å². The van der Waals surface area contributed by atoms with Crippen molar-refractivity contribution in [1.29, 1.82) is 0 Å². The zero-order valence-corrected chi connectivity index (χ0v) is 11.7. The van der Waals surface area contributed by atoms with Crippen molar-refractivity contribution in [3.63, 3.8) is 0 Å². The maximum Gasteiger partial charge on any atom is 0.330 e. The third kappa shape index (κ3) is 6.00. The van der Waals surface area contributed by atoms with Crippen LogP contribution in [0.5, 0.6) is 0 Å². The second-order valence-electron chi connectivity index (χ2n) is 3.84. The monoisotopic (exact) mass is 274 g/mol. The molecule has 0 amide bonds. The molecule has 106 valence electrons. The van der Waals surface area contributed by atoms with Crippen LogP contribution in [-0.4, -0.2) is 25.2 Å². The number of benzene rings is 1. The second-order valence-corrected chi connectivity index (χ2v) is 3.84. The Morgan fingerprint density at radius 2 is 1.20 bits per heavy atom. The lowest BCUT2D eigenvalue weighted by Gasteiger charge is -1.98. The Morgan fingerprint density at radius 1 is 0.850 bits per heavy atom. The van der Waals surface area contributed by atoms with Crippen LogP contribution in [-0.2, 0) is 19.1 Å². The van der Waals surface area contributed by atoms with E-state index in [9.17, 15) is 9.59 Å². The molecule has 0 unspecified atom stereocenters. The van der Waals surface area contributed by atoms with Crippen LogP contribution in [0.15, 0.2) is 36.4 Å². The smallest absolute Gasteiger partial charge is 0.330 e. The molecule has 0 aromatic heterocycles. The van der Waals surface area contributed by atoms with Crippen molar-refractivity contribution in [3.05, 3.63) is 47.5 Å². The predicted molar refractivity (Wildman–Crippen MR) is 77.8 cm³/mol. The molecule has 1 rings (SSSR count). The zero-order valence-electron chi connectivity index (χ0n) is 11.7. The van der Waals surface area contributed by atoms with Gasteiger partial charge in [0.05, 0.1) is 13.2 Å². The fourth-order valence-corrected chi connectivity index (χ4v) is 1.43. The van der Waals surface area contributed by atoms with Gasteiger partial charge in [0.1, 0.15) is 0 Å². The highest BCUT2D eigenvalue weighted by Crippen LogP contribution is 2.08. The van der Waals surface area contributed by atoms with Crippen LogP contribution in [0.3, 0.4) is 0 Å². The minimum atomic E-state index is -0.362. The summed E-state index contributed by atoms with van der Waals surface area (Å²) in [6.07, 6.45) is 6.12. The SMILES string of the molecule is CCOC(=O)/C=C\c1ccc(/C=C/C(=O)OCC)cc1. The highest BCUT2D eigenvalue weighted by atomic mass is 16.5. The summed E-state index contributed by atoms with van der Waals surface area (Å²) in [5, 5.41) is 0. The third-order valence-electron chi connectivity index (χ3n) is 2.33. The lowest BCUT2D eigenvalue weighted by Crippen LogP contribution is -1.98. The van der Waals surface area contributed by atoms with E-state index in [1.54, 1.807) is 26.0 Å². The summed E-state index contributed by atoms with van der Waals surface area (Å²) in [5.41, 5.74) is 1.76. The van der Waals surface area contributed by atoms with Gasteiger partial charge >= 0.3 is 11.9 Å². The van der Waals surface area contributed by atoms with E-state index in [4.69, 9.17) is 9.47 Å². The van der Waals surface area contributed by atoms with Gasteiger partial charge in [-0.3, -0.25) is 0 Å². The number of carbonyl (C=O) groups is 2. The molecule has 0 saturated heterocycles. The summed E-state index contributed by atoms with van der Waals surface area (Å²) in [6.45, 7) is 4.24. The van der Waals surface area contributed by atoms with E-state index in [1.807, 2.05) is 24.3 Å². The molecular weight excluding hydrogens is 256 g/mol. The van der Waals surface area contributed by atoms with Gasteiger partial charge < -0.3 is 9.47 Å². The van der Waals surface area contributed by atoms with E-state index in [2.05, 4.69) is 0 Å². The normalized spacial score (nSPS) is 10.9. The van der Waals surface area contributed by atoms with Gasteiger partial charge in [0.15, 0.2) is 0 Å². The number of ether oxygens (including phenoxy) is 2. The lowest BCUT2D eigenvalue weighted by molar-refractivity contribution is -0.138. The van der Waals surface area contributed by atoms with Gasteiger partial charge in [-0.2, -0.15) is 0 Å². The van der Waals surface area contributed by atoms with Crippen LogP contribution in [0.2, 0.25) is 0 Å². The second kappa shape index (κ2) is 8.69. The molecule has 0 radical (unpaired) electrons. The Balaban J connectivity index is 2.60. The Labute approximate surface area is 118 Å². The minimum Gasteiger partial charge on any atom is -0.463 e. The molecule has 0 N–H and O–H groups in total. The third-order valence-corrected chi connectivity index (χ3v) is 2.33. The summed E-state index contributed by atoms with van der Waals surface area (Å²) in [5.74, 6) is -0.724. The summed E-state index contributed by atoms with van der Waals surface area (Å²) in [4.78, 5) is 22.3. The Morgan fingerprint density at radius 3 is 1.50 bits per heavy atom. The van der Waals surface area contributed by atoms with Crippen molar-refractivity contribution in [3.8, 4) is 0 Å². The number of hydrogen-bond donors (Lipinski definition) is 0. The van der Waals surface area contributed by atoms with Crippen molar-refractivity contribution >= 4 is 24.1 Å². The van der Waals surface area contributed by atoms with Crippen LogP contribution < -0.4 is 0 Å². The molecule has 0 aliphatic carbocycles. The quantitative estimate of drug-likeness (QED) is 0.591. The van der Waals surface area contributed by atoms with Crippen molar-refractivity contribution in [2.24, 2.45) is 0 Å². The molecule has 0 heterocycles. The van der Waals surface area contributed by atoms with Gasteiger partial charge in [-0.25, -0.2) is 9.59 Å². The predicted octanol–water partition coefficient (Wildman–Crippen LogP) is 2.84. The van der Waals surface area contributed by atoms with Gasteiger partial charge in [0, 0.05) is 12.2 Å². The maximum atomic E-state index is 11.2. The maximum absolute atomic E-state index is 11.2. The molecular formula is C16H18O4. The molecule has 0 aliphatic rings. The van der Waals surface area contributed by atoms with Crippen LogP contribution in [0.4, 0.5) is 0 Å². The van der Waals surface area contributed by atoms with Crippen molar-refractivity contribution in [1.82, 2.24) is 0 Å². The molecule has 4 nitrogen and oxygen atoms in total. The molecule has 1 aromatic rings. The average molecular weight is 274 g/mol.